The molecule has 2 rings (SSSR count). The first-order valence-electron chi connectivity index (χ1n) is 9.96. The van der Waals surface area contributed by atoms with Crippen LogP contribution in [-0.2, 0) is 11.3 Å². The Balaban J connectivity index is 1.70. The number of aromatic nitrogens is 2. The van der Waals surface area contributed by atoms with Crippen LogP contribution in [0.5, 0.6) is 0 Å². The van der Waals surface area contributed by atoms with Crippen LogP contribution in [0.25, 0.3) is 0 Å². The van der Waals surface area contributed by atoms with Gasteiger partial charge in [-0.05, 0) is 38.2 Å². The normalized spacial score (nSPS) is 17.1. The number of likely N-dealkylation sites (tertiary alicyclic amines) is 1. The Kier molecular flexibility index (Phi) is 9.00. The molecule has 1 unspecified atom stereocenters. The molecular formula is C19H34N6O. The van der Waals surface area contributed by atoms with Crippen LogP contribution in [0.1, 0.15) is 46.0 Å². The minimum Gasteiger partial charge on any atom is -0.357 e. The number of carbonyl (C=O) groups is 1. The molecule has 0 radical (unpaired) electrons. The van der Waals surface area contributed by atoms with Crippen molar-refractivity contribution in [2.75, 3.05) is 32.7 Å². The average molecular weight is 363 g/mol. The van der Waals surface area contributed by atoms with Crippen LogP contribution in [0.2, 0.25) is 0 Å². The van der Waals surface area contributed by atoms with Crippen molar-refractivity contribution in [1.82, 2.24) is 25.3 Å². The summed E-state index contributed by atoms with van der Waals surface area (Å²) in [6.07, 6.45) is 8.79. The Morgan fingerprint density at radius 1 is 1.35 bits per heavy atom. The molecule has 7 nitrogen and oxygen atoms in total. The van der Waals surface area contributed by atoms with E-state index in [4.69, 9.17) is 0 Å². The first kappa shape index (κ1) is 20.3. The van der Waals surface area contributed by atoms with Crippen molar-refractivity contribution < 1.29 is 4.79 Å². The third-order valence-corrected chi connectivity index (χ3v) is 4.53. The van der Waals surface area contributed by atoms with Crippen LogP contribution >= 0.6 is 0 Å². The van der Waals surface area contributed by atoms with Crippen LogP contribution in [0.4, 0.5) is 0 Å². The highest BCUT2D eigenvalue weighted by Gasteiger charge is 2.15. The fourth-order valence-electron chi connectivity index (χ4n) is 3.13. The molecule has 0 saturated carbocycles. The molecule has 1 aromatic rings. The predicted molar refractivity (Wildman–Crippen MR) is 105 cm³/mol. The van der Waals surface area contributed by atoms with Crippen molar-refractivity contribution >= 4 is 11.9 Å². The van der Waals surface area contributed by atoms with E-state index in [1.807, 2.05) is 21.8 Å². The van der Waals surface area contributed by atoms with E-state index in [2.05, 4.69) is 34.6 Å². The number of hydrogen-bond acceptors (Lipinski definition) is 3. The van der Waals surface area contributed by atoms with Gasteiger partial charge in [-0.2, -0.15) is 5.10 Å². The number of hydrogen-bond donors (Lipinski definition) is 2. The summed E-state index contributed by atoms with van der Waals surface area (Å²) < 4.78 is 1.94. The van der Waals surface area contributed by atoms with Gasteiger partial charge in [0, 0.05) is 58.1 Å². The minimum absolute atomic E-state index is 0.315. The largest absolute Gasteiger partial charge is 0.357 e. The van der Waals surface area contributed by atoms with Crippen molar-refractivity contribution in [3.05, 3.63) is 18.5 Å². The van der Waals surface area contributed by atoms with E-state index in [1.54, 1.807) is 6.20 Å². The standard InChI is InChI=1S/C19H34N6O/c1-3-20-19(22-15-17(2)16-25-14-8-11-23-25)21-10-7-13-24-12-6-4-5-9-18(24)26/h8,11,14,17H,3-7,9-10,12-13,15-16H2,1-2H3,(H2,20,21,22). The van der Waals surface area contributed by atoms with Gasteiger partial charge in [0.15, 0.2) is 5.96 Å². The molecule has 0 bridgehead atoms. The molecule has 1 amide bonds. The minimum atomic E-state index is 0.315. The first-order valence-corrected chi connectivity index (χ1v) is 9.96. The van der Waals surface area contributed by atoms with Crippen molar-refractivity contribution in [3.63, 3.8) is 0 Å². The number of rotatable bonds is 9. The zero-order valence-corrected chi connectivity index (χ0v) is 16.3. The molecule has 26 heavy (non-hydrogen) atoms. The Bertz CT molecular complexity index is 542. The molecule has 7 heteroatoms. The molecule has 1 saturated heterocycles. The quantitative estimate of drug-likeness (QED) is 0.399. The average Bonchev–Trinajstić information content (AvgIpc) is 3.05. The molecule has 1 aliphatic rings. The number of aliphatic imine (C=N–C) groups is 1. The molecule has 0 spiro atoms. The molecular weight excluding hydrogens is 328 g/mol. The van der Waals surface area contributed by atoms with Gasteiger partial charge < -0.3 is 15.5 Å². The van der Waals surface area contributed by atoms with Crippen molar-refractivity contribution in [3.8, 4) is 0 Å². The fraction of sp³-hybridized carbons (Fsp3) is 0.737. The number of amides is 1. The monoisotopic (exact) mass is 362 g/mol. The van der Waals surface area contributed by atoms with E-state index >= 15 is 0 Å². The fourth-order valence-corrected chi connectivity index (χ4v) is 3.13. The third kappa shape index (κ3) is 7.45. The molecule has 1 aliphatic heterocycles. The Morgan fingerprint density at radius 3 is 3.00 bits per heavy atom. The molecule has 0 aliphatic carbocycles. The van der Waals surface area contributed by atoms with E-state index in [-0.39, 0.29) is 0 Å². The Hall–Kier alpha value is -2.05. The number of guanidine groups is 1. The van der Waals surface area contributed by atoms with Gasteiger partial charge in [0.25, 0.3) is 0 Å². The molecule has 146 valence electrons. The lowest BCUT2D eigenvalue weighted by Gasteiger charge is -2.21. The van der Waals surface area contributed by atoms with Gasteiger partial charge in [-0.15, -0.1) is 0 Å². The lowest BCUT2D eigenvalue weighted by Crippen LogP contribution is -2.39. The van der Waals surface area contributed by atoms with Gasteiger partial charge in [-0.1, -0.05) is 13.3 Å². The summed E-state index contributed by atoms with van der Waals surface area (Å²) in [6.45, 7) is 9.28. The van der Waals surface area contributed by atoms with Crippen molar-refractivity contribution in [2.24, 2.45) is 10.9 Å². The summed E-state index contributed by atoms with van der Waals surface area (Å²) in [5.41, 5.74) is 0. The van der Waals surface area contributed by atoms with E-state index in [9.17, 15) is 4.79 Å². The molecule has 1 atom stereocenters. The van der Waals surface area contributed by atoms with Crippen LogP contribution in [-0.4, -0.2) is 59.3 Å². The van der Waals surface area contributed by atoms with Crippen molar-refractivity contribution in [2.45, 2.75) is 52.5 Å². The van der Waals surface area contributed by atoms with Crippen LogP contribution < -0.4 is 10.6 Å². The molecule has 0 aromatic carbocycles. The van der Waals surface area contributed by atoms with E-state index in [0.29, 0.717) is 18.2 Å². The van der Waals surface area contributed by atoms with Gasteiger partial charge in [0.1, 0.15) is 0 Å². The summed E-state index contributed by atoms with van der Waals surface area (Å²) in [5.74, 6) is 1.58. The zero-order chi connectivity index (χ0) is 18.6. The van der Waals surface area contributed by atoms with Gasteiger partial charge in [0.05, 0.1) is 0 Å². The lowest BCUT2D eigenvalue weighted by molar-refractivity contribution is -0.130. The summed E-state index contributed by atoms with van der Waals surface area (Å²) in [4.78, 5) is 18.7. The SMILES string of the molecule is CCNC(=NCC(C)Cn1cccn1)NCCCN1CCCCCC1=O. The predicted octanol–water partition coefficient (Wildman–Crippen LogP) is 1.87. The summed E-state index contributed by atoms with van der Waals surface area (Å²) in [7, 11) is 0. The van der Waals surface area contributed by atoms with Crippen LogP contribution in [0.15, 0.2) is 23.5 Å². The Morgan fingerprint density at radius 2 is 2.23 bits per heavy atom. The smallest absolute Gasteiger partial charge is 0.222 e. The van der Waals surface area contributed by atoms with Crippen molar-refractivity contribution in [1.29, 1.82) is 0 Å². The molecule has 2 N–H and O–H groups in total. The maximum atomic E-state index is 12.0. The second kappa shape index (κ2) is 11.5. The second-order valence-corrected chi connectivity index (χ2v) is 7.02. The number of nitrogens with one attached hydrogen (secondary N) is 2. The third-order valence-electron chi connectivity index (χ3n) is 4.53. The number of carbonyl (C=O) groups excluding carboxylic acids is 1. The summed E-state index contributed by atoms with van der Waals surface area (Å²) >= 11 is 0. The summed E-state index contributed by atoms with van der Waals surface area (Å²) in [6, 6.07) is 1.94. The maximum absolute atomic E-state index is 12.0. The van der Waals surface area contributed by atoms with E-state index in [0.717, 1.165) is 64.5 Å². The highest BCUT2D eigenvalue weighted by molar-refractivity contribution is 5.79. The Labute approximate surface area is 157 Å². The van der Waals surface area contributed by atoms with E-state index < -0.39 is 0 Å². The molecule has 1 aromatic heterocycles. The van der Waals surface area contributed by atoms with Gasteiger partial charge >= 0.3 is 0 Å². The summed E-state index contributed by atoms with van der Waals surface area (Å²) in [5, 5.41) is 10.9. The van der Waals surface area contributed by atoms with Gasteiger partial charge in [0.2, 0.25) is 5.91 Å². The zero-order valence-electron chi connectivity index (χ0n) is 16.3. The maximum Gasteiger partial charge on any atom is 0.222 e. The number of nitrogens with zero attached hydrogens (tertiary/aromatic N) is 4. The van der Waals surface area contributed by atoms with Gasteiger partial charge in [-0.3, -0.25) is 14.5 Å². The lowest BCUT2D eigenvalue weighted by atomic mass is 10.2. The highest BCUT2D eigenvalue weighted by atomic mass is 16.2. The molecule has 2 heterocycles. The van der Waals surface area contributed by atoms with E-state index in [1.165, 1.54) is 6.42 Å². The topological polar surface area (TPSA) is 74.6 Å². The first-order chi connectivity index (χ1) is 12.7. The second-order valence-electron chi connectivity index (χ2n) is 7.02. The van der Waals surface area contributed by atoms with Gasteiger partial charge in [-0.25, -0.2) is 0 Å². The highest BCUT2D eigenvalue weighted by Crippen LogP contribution is 2.11. The van der Waals surface area contributed by atoms with Crippen LogP contribution in [0, 0.1) is 5.92 Å². The van der Waals surface area contributed by atoms with Crippen LogP contribution in [0.3, 0.4) is 0 Å². The molecule has 1 fully saturated rings.